The van der Waals surface area contributed by atoms with E-state index < -0.39 is 24.8 Å². The number of nitrogens with one attached hydrogen (secondary N) is 1. The molecule has 23 heavy (non-hydrogen) atoms. The summed E-state index contributed by atoms with van der Waals surface area (Å²) in [4.78, 5) is 39.2. The molecule has 2 N–H and O–H groups in total. The largest absolute Gasteiger partial charge is 0.415 e. The summed E-state index contributed by atoms with van der Waals surface area (Å²) in [5.41, 5.74) is 0. The Kier molecular flexibility index (Phi) is 4.16. The molecule has 0 aromatic heterocycles. The smallest absolute Gasteiger partial charge is 0.410 e. The van der Waals surface area contributed by atoms with Crippen LogP contribution in [0.3, 0.4) is 0 Å². The monoisotopic (exact) mass is 319 g/mol. The summed E-state index contributed by atoms with van der Waals surface area (Å²) < 4.78 is 5.25. The standard InChI is InChI=1S/C15H17N3O5/c19-9-11-14(21)18-7-6-17(8-12(18)13(20)16-11)15(22)23-10-4-2-1-3-5-10/h1-5,11-12,19H,6-9H2,(H,16,20)/t11-,12+/m0/s1. The van der Waals surface area contributed by atoms with Gasteiger partial charge in [0.1, 0.15) is 17.8 Å². The van der Waals surface area contributed by atoms with Crippen LogP contribution in [0, 0.1) is 0 Å². The van der Waals surface area contributed by atoms with Crippen LogP contribution in [0.4, 0.5) is 4.79 Å². The van der Waals surface area contributed by atoms with E-state index in [4.69, 9.17) is 9.84 Å². The third-order valence-electron chi connectivity index (χ3n) is 3.97. The maximum Gasteiger partial charge on any atom is 0.415 e. The minimum atomic E-state index is -0.901. The molecule has 0 spiro atoms. The molecule has 0 radical (unpaired) electrons. The summed E-state index contributed by atoms with van der Waals surface area (Å²) in [6.45, 7) is 0.144. The van der Waals surface area contributed by atoms with Gasteiger partial charge in [-0.05, 0) is 12.1 Å². The first-order valence-corrected chi connectivity index (χ1v) is 7.33. The second-order valence-electron chi connectivity index (χ2n) is 5.42. The van der Waals surface area contributed by atoms with Gasteiger partial charge >= 0.3 is 6.09 Å². The van der Waals surface area contributed by atoms with Crippen LogP contribution in [0.15, 0.2) is 30.3 Å². The second-order valence-corrected chi connectivity index (χ2v) is 5.42. The van der Waals surface area contributed by atoms with Gasteiger partial charge in [0, 0.05) is 13.1 Å². The van der Waals surface area contributed by atoms with Gasteiger partial charge in [-0.3, -0.25) is 9.59 Å². The van der Waals surface area contributed by atoms with Crippen molar-refractivity contribution in [3.05, 3.63) is 30.3 Å². The Labute approximate surface area is 132 Å². The van der Waals surface area contributed by atoms with Gasteiger partial charge in [-0.2, -0.15) is 0 Å². The third kappa shape index (κ3) is 2.98. The van der Waals surface area contributed by atoms with E-state index >= 15 is 0 Å². The highest BCUT2D eigenvalue weighted by Crippen LogP contribution is 2.18. The van der Waals surface area contributed by atoms with Crippen molar-refractivity contribution in [2.75, 3.05) is 26.2 Å². The predicted molar refractivity (Wildman–Crippen MR) is 78.6 cm³/mol. The molecule has 1 aromatic rings. The number of carbonyl (C=O) groups excluding carboxylic acids is 3. The average molecular weight is 319 g/mol. The Morgan fingerprint density at radius 2 is 2.00 bits per heavy atom. The van der Waals surface area contributed by atoms with Gasteiger partial charge in [0.15, 0.2) is 0 Å². The minimum Gasteiger partial charge on any atom is -0.410 e. The minimum absolute atomic E-state index is 0.0708. The van der Waals surface area contributed by atoms with Crippen LogP contribution in [0.2, 0.25) is 0 Å². The molecular formula is C15H17N3O5. The fraction of sp³-hybridized carbons (Fsp3) is 0.400. The van der Waals surface area contributed by atoms with E-state index in [1.807, 2.05) is 6.07 Å². The Bertz CT molecular complexity index is 621. The van der Waals surface area contributed by atoms with Crippen LogP contribution in [0.25, 0.3) is 0 Å². The Hall–Kier alpha value is -2.61. The molecule has 2 aliphatic rings. The quantitative estimate of drug-likeness (QED) is 0.743. The highest BCUT2D eigenvalue weighted by Gasteiger charge is 2.44. The normalized spacial score (nSPS) is 24.0. The number of nitrogens with zero attached hydrogens (tertiary/aromatic N) is 2. The maximum absolute atomic E-state index is 12.2. The van der Waals surface area contributed by atoms with Gasteiger partial charge in [-0.15, -0.1) is 0 Å². The fourth-order valence-electron chi connectivity index (χ4n) is 2.74. The molecule has 122 valence electrons. The average Bonchev–Trinajstić information content (AvgIpc) is 2.58. The van der Waals surface area contributed by atoms with Crippen molar-refractivity contribution in [3.63, 3.8) is 0 Å². The van der Waals surface area contributed by atoms with E-state index in [-0.39, 0.29) is 31.4 Å². The van der Waals surface area contributed by atoms with Gasteiger partial charge in [-0.25, -0.2) is 4.79 Å². The summed E-state index contributed by atoms with van der Waals surface area (Å²) in [5, 5.41) is 11.6. The maximum atomic E-state index is 12.2. The highest BCUT2D eigenvalue weighted by atomic mass is 16.6. The molecule has 3 amide bonds. The summed E-state index contributed by atoms with van der Waals surface area (Å²) in [6.07, 6.45) is -0.555. The number of amides is 3. The van der Waals surface area contributed by atoms with E-state index in [9.17, 15) is 14.4 Å². The zero-order valence-electron chi connectivity index (χ0n) is 12.3. The van der Waals surface area contributed by atoms with Crippen molar-refractivity contribution < 1.29 is 24.2 Å². The first-order chi connectivity index (χ1) is 11.1. The van der Waals surface area contributed by atoms with Gasteiger partial charge < -0.3 is 25.0 Å². The van der Waals surface area contributed by atoms with Gasteiger partial charge in [-0.1, -0.05) is 18.2 Å². The number of hydrogen-bond donors (Lipinski definition) is 2. The van der Waals surface area contributed by atoms with Crippen LogP contribution in [-0.4, -0.2) is 71.1 Å². The molecular weight excluding hydrogens is 302 g/mol. The molecule has 0 bridgehead atoms. The van der Waals surface area contributed by atoms with Gasteiger partial charge in [0.25, 0.3) is 0 Å². The van der Waals surface area contributed by atoms with Crippen molar-refractivity contribution in [1.29, 1.82) is 0 Å². The molecule has 0 saturated carbocycles. The predicted octanol–water partition coefficient (Wildman–Crippen LogP) is -0.811. The topological polar surface area (TPSA) is 99.2 Å². The number of rotatable bonds is 2. The number of carbonyl (C=O) groups is 3. The lowest BCUT2D eigenvalue weighted by atomic mass is 10.0. The number of ether oxygens (including phenoxy) is 1. The van der Waals surface area contributed by atoms with Crippen LogP contribution in [0.1, 0.15) is 0 Å². The second kappa shape index (κ2) is 6.25. The van der Waals surface area contributed by atoms with Crippen molar-refractivity contribution in [2.45, 2.75) is 12.1 Å². The highest BCUT2D eigenvalue weighted by molar-refractivity contribution is 5.97. The summed E-state index contributed by atoms with van der Waals surface area (Å²) >= 11 is 0. The molecule has 2 saturated heterocycles. The number of para-hydroxylation sites is 1. The molecule has 2 heterocycles. The molecule has 8 heteroatoms. The molecule has 3 rings (SSSR count). The molecule has 1 aromatic carbocycles. The number of fused-ring (bicyclic) bond motifs is 1. The number of piperazine rings is 2. The number of aliphatic hydroxyl groups is 1. The summed E-state index contributed by atoms with van der Waals surface area (Å²) in [5.74, 6) is -0.279. The summed E-state index contributed by atoms with van der Waals surface area (Å²) in [6, 6.07) is 6.99. The molecule has 2 aliphatic heterocycles. The zero-order chi connectivity index (χ0) is 16.4. The lowest BCUT2D eigenvalue weighted by Crippen LogP contribution is -2.70. The van der Waals surface area contributed by atoms with Crippen LogP contribution < -0.4 is 10.1 Å². The number of benzene rings is 1. The van der Waals surface area contributed by atoms with Crippen molar-refractivity contribution in [3.8, 4) is 5.75 Å². The Balaban J connectivity index is 1.67. The number of aliphatic hydroxyl groups excluding tert-OH is 1. The van der Waals surface area contributed by atoms with Gasteiger partial charge in [0.05, 0.1) is 13.2 Å². The summed E-state index contributed by atoms with van der Waals surface area (Å²) in [7, 11) is 0. The van der Waals surface area contributed by atoms with E-state index in [2.05, 4.69) is 5.32 Å². The lowest BCUT2D eigenvalue weighted by molar-refractivity contribution is -0.153. The number of hydrogen-bond acceptors (Lipinski definition) is 5. The van der Waals surface area contributed by atoms with E-state index in [1.165, 1.54) is 9.80 Å². The molecule has 0 unspecified atom stereocenters. The van der Waals surface area contributed by atoms with E-state index in [0.29, 0.717) is 5.75 Å². The molecule has 0 aliphatic carbocycles. The Morgan fingerprint density at radius 1 is 1.26 bits per heavy atom. The van der Waals surface area contributed by atoms with Crippen LogP contribution in [-0.2, 0) is 9.59 Å². The van der Waals surface area contributed by atoms with Crippen LogP contribution in [0.5, 0.6) is 5.75 Å². The molecule has 8 nitrogen and oxygen atoms in total. The van der Waals surface area contributed by atoms with E-state index in [1.54, 1.807) is 24.3 Å². The van der Waals surface area contributed by atoms with Gasteiger partial charge in [0.2, 0.25) is 11.8 Å². The van der Waals surface area contributed by atoms with Crippen molar-refractivity contribution in [2.24, 2.45) is 0 Å². The molecule has 2 atom stereocenters. The lowest BCUT2D eigenvalue weighted by Gasteiger charge is -2.44. The SMILES string of the molecule is O=C1N[C@@H](CO)C(=O)N2CCN(C(=O)Oc3ccccc3)C[C@H]12. The fourth-order valence-corrected chi connectivity index (χ4v) is 2.74. The third-order valence-corrected chi connectivity index (χ3v) is 3.97. The van der Waals surface area contributed by atoms with Crippen LogP contribution >= 0.6 is 0 Å². The molecule has 2 fully saturated rings. The zero-order valence-corrected chi connectivity index (χ0v) is 12.3. The van der Waals surface area contributed by atoms with Crippen molar-refractivity contribution in [1.82, 2.24) is 15.1 Å². The van der Waals surface area contributed by atoms with E-state index in [0.717, 1.165) is 0 Å². The van der Waals surface area contributed by atoms with Crippen molar-refractivity contribution >= 4 is 17.9 Å². The Morgan fingerprint density at radius 3 is 2.70 bits per heavy atom. The first-order valence-electron chi connectivity index (χ1n) is 7.33. The first kappa shape index (κ1) is 15.3.